The maximum atomic E-state index is 12.8. The van der Waals surface area contributed by atoms with Gasteiger partial charge < -0.3 is 4.57 Å². The third-order valence-corrected chi connectivity index (χ3v) is 6.76. The lowest BCUT2D eigenvalue weighted by molar-refractivity contribution is 0.470. The highest BCUT2D eigenvalue weighted by molar-refractivity contribution is 7.89. The number of hydrogen-bond acceptors (Lipinski definition) is 4. The first-order valence-corrected chi connectivity index (χ1v) is 9.81. The summed E-state index contributed by atoms with van der Waals surface area (Å²) in [5.74, 6) is 0.934. The number of fused-ring (bicyclic) bond motifs is 1. The average molecular weight is 377 g/mol. The van der Waals surface area contributed by atoms with Crippen molar-refractivity contribution in [3.05, 3.63) is 53.4 Å². The highest BCUT2D eigenvalue weighted by Gasteiger charge is 2.35. The quantitative estimate of drug-likeness (QED) is 0.704. The summed E-state index contributed by atoms with van der Waals surface area (Å²) in [4.78, 5) is 9.28. The molecule has 1 fully saturated rings. The topological polar surface area (TPSA) is 68.1 Å². The molecule has 0 radical (unpaired) electrons. The summed E-state index contributed by atoms with van der Waals surface area (Å²) < 4.78 is 29.1. The number of sulfonamides is 1. The fraction of sp³-hybridized carbons (Fsp3) is 0.294. The molecule has 3 aromatic rings. The van der Waals surface area contributed by atoms with Crippen LogP contribution in [0.2, 0.25) is 5.02 Å². The number of rotatable bonds is 3. The third kappa shape index (κ3) is 2.82. The second kappa shape index (κ2) is 6.09. The van der Waals surface area contributed by atoms with Gasteiger partial charge in [0.1, 0.15) is 11.3 Å². The normalized spacial score (nSPS) is 18.9. The van der Waals surface area contributed by atoms with E-state index >= 15 is 0 Å². The number of pyridine rings is 1. The minimum atomic E-state index is -3.52. The molecule has 0 bridgehead atoms. The zero-order chi connectivity index (χ0) is 17.6. The highest BCUT2D eigenvalue weighted by atomic mass is 35.5. The van der Waals surface area contributed by atoms with E-state index in [9.17, 15) is 8.42 Å². The molecule has 0 aliphatic carbocycles. The van der Waals surface area contributed by atoms with E-state index in [1.54, 1.807) is 30.5 Å². The van der Waals surface area contributed by atoms with E-state index in [1.165, 1.54) is 4.31 Å². The van der Waals surface area contributed by atoms with Crippen molar-refractivity contribution in [3.8, 4) is 0 Å². The average Bonchev–Trinajstić information content (AvgIpc) is 3.21. The van der Waals surface area contributed by atoms with Gasteiger partial charge in [-0.3, -0.25) is 0 Å². The van der Waals surface area contributed by atoms with Gasteiger partial charge in [0, 0.05) is 37.3 Å². The van der Waals surface area contributed by atoms with Crippen LogP contribution in [0.1, 0.15) is 18.2 Å². The molecule has 0 N–H and O–H groups in total. The zero-order valence-corrected chi connectivity index (χ0v) is 15.2. The van der Waals surface area contributed by atoms with Crippen LogP contribution in [-0.4, -0.2) is 40.3 Å². The van der Waals surface area contributed by atoms with Crippen LogP contribution >= 0.6 is 11.6 Å². The molecule has 8 heteroatoms. The van der Waals surface area contributed by atoms with E-state index in [0.29, 0.717) is 18.1 Å². The fourth-order valence-corrected chi connectivity index (χ4v) is 4.95. The minimum absolute atomic E-state index is 0.0567. The van der Waals surface area contributed by atoms with Gasteiger partial charge in [0.2, 0.25) is 10.0 Å². The van der Waals surface area contributed by atoms with Crippen LogP contribution < -0.4 is 0 Å². The second-order valence-electron chi connectivity index (χ2n) is 6.18. The zero-order valence-electron chi connectivity index (χ0n) is 13.6. The van der Waals surface area contributed by atoms with E-state index in [1.807, 2.05) is 23.7 Å². The predicted octanol–water partition coefficient (Wildman–Crippen LogP) is 2.80. The molecule has 2 aromatic heterocycles. The molecule has 1 unspecified atom stereocenters. The van der Waals surface area contributed by atoms with Crippen LogP contribution in [0.4, 0.5) is 0 Å². The molecule has 3 heterocycles. The summed E-state index contributed by atoms with van der Waals surface area (Å²) in [6.07, 6.45) is 2.48. The monoisotopic (exact) mass is 376 g/mol. The third-order valence-electron chi connectivity index (χ3n) is 4.63. The Kier molecular flexibility index (Phi) is 4.02. The number of nitrogens with zero attached hydrogens (tertiary/aromatic N) is 4. The molecular weight excluding hydrogens is 360 g/mol. The molecule has 1 aliphatic rings. The van der Waals surface area contributed by atoms with Crippen LogP contribution in [0.15, 0.2) is 47.5 Å². The first-order chi connectivity index (χ1) is 12.0. The van der Waals surface area contributed by atoms with Gasteiger partial charge in [-0.2, -0.15) is 4.31 Å². The Bertz CT molecular complexity index is 1030. The molecule has 1 aliphatic heterocycles. The van der Waals surface area contributed by atoms with E-state index in [-0.39, 0.29) is 10.8 Å². The number of aryl methyl sites for hydroxylation is 1. The molecular formula is C17H17ClN4O2S. The first-order valence-electron chi connectivity index (χ1n) is 8.00. The van der Waals surface area contributed by atoms with Gasteiger partial charge in [0.25, 0.3) is 0 Å². The largest absolute Gasteiger partial charge is 0.316 e. The molecule has 130 valence electrons. The van der Waals surface area contributed by atoms with Gasteiger partial charge in [-0.25, -0.2) is 18.4 Å². The number of aromatic nitrogens is 3. The molecule has 25 heavy (non-hydrogen) atoms. The summed E-state index contributed by atoms with van der Waals surface area (Å²) in [5.41, 5.74) is 1.65. The van der Waals surface area contributed by atoms with Gasteiger partial charge in [0.05, 0.1) is 4.90 Å². The van der Waals surface area contributed by atoms with Gasteiger partial charge in [-0.05, 0) is 42.8 Å². The molecule has 4 rings (SSSR count). The second-order valence-corrected chi connectivity index (χ2v) is 8.55. The molecule has 0 amide bonds. The lowest BCUT2D eigenvalue weighted by atomic mass is 10.1. The molecule has 1 aromatic carbocycles. The Morgan fingerprint density at radius 1 is 1.20 bits per heavy atom. The molecule has 0 spiro atoms. The Balaban J connectivity index is 1.62. The van der Waals surface area contributed by atoms with Gasteiger partial charge in [-0.15, -0.1) is 0 Å². The Morgan fingerprint density at radius 3 is 2.68 bits per heavy atom. The Morgan fingerprint density at radius 2 is 1.96 bits per heavy atom. The molecule has 6 nitrogen and oxygen atoms in total. The summed E-state index contributed by atoms with van der Waals surface area (Å²) in [7, 11) is -1.59. The summed E-state index contributed by atoms with van der Waals surface area (Å²) in [6.45, 7) is 0.897. The van der Waals surface area contributed by atoms with Crippen molar-refractivity contribution in [2.75, 3.05) is 13.1 Å². The van der Waals surface area contributed by atoms with Gasteiger partial charge in [0.15, 0.2) is 5.65 Å². The van der Waals surface area contributed by atoms with Crippen LogP contribution in [0, 0.1) is 0 Å². The molecule has 1 saturated heterocycles. The van der Waals surface area contributed by atoms with Crippen LogP contribution in [0.3, 0.4) is 0 Å². The molecule has 1 atom stereocenters. The number of hydrogen-bond donors (Lipinski definition) is 0. The Hall–Kier alpha value is -1.96. The van der Waals surface area contributed by atoms with Crippen LogP contribution in [-0.2, 0) is 17.1 Å². The predicted molar refractivity (Wildman–Crippen MR) is 96.1 cm³/mol. The number of halogens is 1. The first kappa shape index (κ1) is 16.5. The van der Waals surface area contributed by atoms with Gasteiger partial charge in [-0.1, -0.05) is 11.6 Å². The standard InChI is InChI=1S/C17H17ClN4O2S/c1-21-16(20-15-3-2-9-19-17(15)21)12-8-10-22(11-12)25(23,24)14-6-4-13(18)5-7-14/h2-7,9,12H,8,10-11H2,1H3. The van der Waals surface area contributed by atoms with Crippen LogP contribution in [0.25, 0.3) is 11.2 Å². The molecule has 0 saturated carbocycles. The maximum Gasteiger partial charge on any atom is 0.243 e. The van der Waals surface area contributed by atoms with Crippen LogP contribution in [0.5, 0.6) is 0 Å². The van der Waals surface area contributed by atoms with Crippen molar-refractivity contribution < 1.29 is 8.42 Å². The number of imidazole rings is 1. The maximum absolute atomic E-state index is 12.8. The minimum Gasteiger partial charge on any atom is -0.316 e. The fourth-order valence-electron chi connectivity index (χ4n) is 3.32. The van der Waals surface area contributed by atoms with Crippen molar-refractivity contribution in [2.45, 2.75) is 17.2 Å². The van der Waals surface area contributed by atoms with E-state index < -0.39 is 10.0 Å². The van der Waals surface area contributed by atoms with Crippen molar-refractivity contribution in [1.82, 2.24) is 18.8 Å². The van der Waals surface area contributed by atoms with Crippen molar-refractivity contribution >= 4 is 32.8 Å². The van der Waals surface area contributed by atoms with E-state index in [0.717, 1.165) is 23.4 Å². The summed E-state index contributed by atoms with van der Waals surface area (Å²) in [5, 5.41) is 0.519. The summed E-state index contributed by atoms with van der Waals surface area (Å²) >= 11 is 5.86. The number of benzene rings is 1. The lowest BCUT2D eigenvalue weighted by Gasteiger charge is -2.16. The highest BCUT2D eigenvalue weighted by Crippen LogP contribution is 2.31. The SMILES string of the molecule is Cn1c(C2CCN(S(=O)(=O)c3ccc(Cl)cc3)C2)nc2cccnc21. The van der Waals surface area contributed by atoms with E-state index in [4.69, 9.17) is 11.6 Å². The van der Waals surface area contributed by atoms with E-state index in [2.05, 4.69) is 9.97 Å². The lowest BCUT2D eigenvalue weighted by Crippen LogP contribution is -2.28. The smallest absolute Gasteiger partial charge is 0.243 e. The summed E-state index contributed by atoms with van der Waals surface area (Å²) in [6, 6.07) is 10.1. The van der Waals surface area contributed by atoms with Crippen molar-refractivity contribution in [2.24, 2.45) is 7.05 Å². The van der Waals surface area contributed by atoms with Crippen molar-refractivity contribution in [3.63, 3.8) is 0 Å². The van der Waals surface area contributed by atoms with Crippen molar-refractivity contribution in [1.29, 1.82) is 0 Å². The Labute approximate surface area is 151 Å². The van der Waals surface area contributed by atoms with Gasteiger partial charge >= 0.3 is 0 Å².